The highest BCUT2D eigenvalue weighted by molar-refractivity contribution is 5.26. The highest BCUT2D eigenvalue weighted by atomic mass is 16.3. The van der Waals surface area contributed by atoms with Crippen molar-refractivity contribution in [3.63, 3.8) is 0 Å². The molecule has 2 aromatic rings. The van der Waals surface area contributed by atoms with Gasteiger partial charge in [-0.25, -0.2) is 0 Å². The number of aryl methyl sites for hydroxylation is 1. The maximum absolute atomic E-state index is 10.0. The molecule has 0 aliphatic carbocycles. The van der Waals surface area contributed by atoms with Crippen LogP contribution < -0.4 is 0 Å². The van der Waals surface area contributed by atoms with E-state index in [0.29, 0.717) is 0 Å². The number of nitrogens with zero attached hydrogens (tertiary/aromatic N) is 2. The molecule has 0 bridgehead atoms. The van der Waals surface area contributed by atoms with Crippen molar-refractivity contribution < 1.29 is 5.11 Å². The first kappa shape index (κ1) is 9.93. The SMILES string of the molecule is CCn1cc(C(O)c2ccccc2)cn1. The minimum atomic E-state index is -0.577. The lowest BCUT2D eigenvalue weighted by molar-refractivity contribution is 0.220. The Balaban J connectivity index is 2.24. The van der Waals surface area contributed by atoms with Crippen LogP contribution in [0.25, 0.3) is 0 Å². The summed E-state index contributed by atoms with van der Waals surface area (Å²) in [6.45, 7) is 2.84. The molecule has 1 heterocycles. The van der Waals surface area contributed by atoms with Crippen LogP contribution in [-0.4, -0.2) is 14.9 Å². The number of hydrogen-bond donors (Lipinski definition) is 1. The molecule has 3 nitrogen and oxygen atoms in total. The van der Waals surface area contributed by atoms with Gasteiger partial charge in [0.15, 0.2) is 0 Å². The molecule has 0 saturated heterocycles. The molecule has 78 valence electrons. The number of rotatable bonds is 3. The average Bonchev–Trinajstić information content (AvgIpc) is 2.78. The summed E-state index contributed by atoms with van der Waals surface area (Å²) in [4.78, 5) is 0. The van der Waals surface area contributed by atoms with Crippen LogP contribution in [0.4, 0.5) is 0 Å². The second-order valence-corrected chi connectivity index (χ2v) is 3.44. The summed E-state index contributed by atoms with van der Waals surface area (Å²) in [7, 11) is 0. The van der Waals surface area contributed by atoms with Crippen LogP contribution >= 0.6 is 0 Å². The van der Waals surface area contributed by atoms with Crippen LogP contribution in [0.1, 0.15) is 24.2 Å². The number of aliphatic hydroxyl groups is 1. The van der Waals surface area contributed by atoms with Crippen LogP contribution in [0.2, 0.25) is 0 Å². The van der Waals surface area contributed by atoms with E-state index < -0.39 is 6.10 Å². The third kappa shape index (κ3) is 2.07. The highest BCUT2D eigenvalue weighted by Gasteiger charge is 2.11. The maximum atomic E-state index is 10.0. The zero-order valence-electron chi connectivity index (χ0n) is 8.67. The number of aliphatic hydroxyl groups excluding tert-OH is 1. The molecule has 2 rings (SSSR count). The van der Waals surface area contributed by atoms with Crippen molar-refractivity contribution in [3.8, 4) is 0 Å². The number of benzene rings is 1. The predicted molar refractivity (Wildman–Crippen MR) is 58.4 cm³/mol. The average molecular weight is 202 g/mol. The molecule has 0 spiro atoms. The summed E-state index contributed by atoms with van der Waals surface area (Å²) in [6.07, 6.45) is 3.00. The maximum Gasteiger partial charge on any atom is 0.107 e. The van der Waals surface area contributed by atoms with Gasteiger partial charge >= 0.3 is 0 Å². The van der Waals surface area contributed by atoms with Crippen LogP contribution in [-0.2, 0) is 6.54 Å². The fourth-order valence-electron chi connectivity index (χ4n) is 1.52. The van der Waals surface area contributed by atoms with E-state index in [2.05, 4.69) is 5.10 Å². The molecule has 0 fully saturated rings. The zero-order chi connectivity index (χ0) is 10.7. The molecular formula is C12H14N2O. The first-order chi connectivity index (χ1) is 7.31. The van der Waals surface area contributed by atoms with E-state index in [-0.39, 0.29) is 0 Å². The van der Waals surface area contributed by atoms with Gasteiger partial charge < -0.3 is 5.11 Å². The van der Waals surface area contributed by atoms with Gasteiger partial charge in [0.1, 0.15) is 6.10 Å². The Labute approximate surface area is 89.0 Å². The second kappa shape index (κ2) is 4.28. The standard InChI is InChI=1S/C12H14N2O/c1-2-14-9-11(8-13-14)12(15)10-6-4-3-5-7-10/h3-9,12,15H,2H2,1H3. The molecule has 1 aromatic carbocycles. The quantitative estimate of drug-likeness (QED) is 0.826. The van der Waals surface area contributed by atoms with E-state index in [1.165, 1.54) is 0 Å². The van der Waals surface area contributed by atoms with Gasteiger partial charge in [0.05, 0.1) is 6.20 Å². The Morgan fingerprint density at radius 2 is 2.00 bits per heavy atom. The first-order valence-corrected chi connectivity index (χ1v) is 5.06. The third-order valence-electron chi connectivity index (χ3n) is 2.41. The molecule has 0 amide bonds. The summed E-state index contributed by atoms with van der Waals surface area (Å²) in [6, 6.07) is 9.60. The number of aromatic nitrogens is 2. The lowest BCUT2D eigenvalue weighted by Gasteiger charge is -2.07. The van der Waals surface area contributed by atoms with E-state index in [9.17, 15) is 5.11 Å². The van der Waals surface area contributed by atoms with Crippen molar-refractivity contribution in [2.24, 2.45) is 0 Å². The molecule has 1 atom stereocenters. The fourth-order valence-corrected chi connectivity index (χ4v) is 1.52. The molecule has 1 unspecified atom stereocenters. The molecule has 0 radical (unpaired) electrons. The molecule has 15 heavy (non-hydrogen) atoms. The van der Waals surface area contributed by atoms with Crippen molar-refractivity contribution in [2.45, 2.75) is 19.6 Å². The molecule has 3 heteroatoms. The minimum absolute atomic E-state index is 0.577. The molecular weight excluding hydrogens is 188 g/mol. The predicted octanol–water partition coefficient (Wildman–Crippen LogP) is 1.98. The van der Waals surface area contributed by atoms with E-state index in [0.717, 1.165) is 17.7 Å². The van der Waals surface area contributed by atoms with E-state index >= 15 is 0 Å². The number of hydrogen-bond acceptors (Lipinski definition) is 2. The van der Waals surface area contributed by atoms with Crippen molar-refractivity contribution >= 4 is 0 Å². The van der Waals surface area contributed by atoms with Gasteiger partial charge in [-0.1, -0.05) is 30.3 Å². The lowest BCUT2D eigenvalue weighted by atomic mass is 10.1. The Kier molecular flexibility index (Phi) is 2.83. The van der Waals surface area contributed by atoms with Crippen LogP contribution in [0.5, 0.6) is 0 Å². The molecule has 1 N–H and O–H groups in total. The second-order valence-electron chi connectivity index (χ2n) is 3.44. The Hall–Kier alpha value is -1.61. The molecule has 1 aromatic heterocycles. The summed E-state index contributed by atoms with van der Waals surface area (Å²) < 4.78 is 1.81. The van der Waals surface area contributed by atoms with E-state index in [1.54, 1.807) is 6.20 Å². The Morgan fingerprint density at radius 1 is 1.27 bits per heavy atom. The van der Waals surface area contributed by atoms with E-state index in [1.807, 2.05) is 48.1 Å². The highest BCUT2D eigenvalue weighted by Crippen LogP contribution is 2.20. The van der Waals surface area contributed by atoms with Gasteiger partial charge in [-0.2, -0.15) is 5.10 Å². The third-order valence-corrected chi connectivity index (χ3v) is 2.41. The molecule has 0 saturated carbocycles. The smallest absolute Gasteiger partial charge is 0.107 e. The minimum Gasteiger partial charge on any atom is -0.384 e. The Morgan fingerprint density at radius 3 is 2.60 bits per heavy atom. The summed E-state index contributed by atoms with van der Waals surface area (Å²) in [5.41, 5.74) is 1.73. The van der Waals surface area contributed by atoms with Gasteiger partial charge in [-0.05, 0) is 12.5 Å². The molecule has 0 aliphatic rings. The van der Waals surface area contributed by atoms with Gasteiger partial charge in [-0.3, -0.25) is 4.68 Å². The van der Waals surface area contributed by atoms with Gasteiger partial charge in [0.25, 0.3) is 0 Å². The monoisotopic (exact) mass is 202 g/mol. The molecule has 0 aliphatic heterocycles. The lowest BCUT2D eigenvalue weighted by Crippen LogP contribution is -1.98. The normalized spacial score (nSPS) is 12.7. The van der Waals surface area contributed by atoms with Crippen LogP contribution in [0.3, 0.4) is 0 Å². The van der Waals surface area contributed by atoms with Crippen LogP contribution in [0, 0.1) is 0 Å². The fraction of sp³-hybridized carbons (Fsp3) is 0.250. The van der Waals surface area contributed by atoms with E-state index in [4.69, 9.17) is 0 Å². The van der Waals surface area contributed by atoms with Crippen molar-refractivity contribution in [1.29, 1.82) is 0 Å². The Bertz CT molecular complexity index is 422. The topological polar surface area (TPSA) is 38.0 Å². The van der Waals surface area contributed by atoms with Crippen LogP contribution in [0.15, 0.2) is 42.7 Å². The largest absolute Gasteiger partial charge is 0.384 e. The van der Waals surface area contributed by atoms with Gasteiger partial charge in [0.2, 0.25) is 0 Å². The summed E-state index contributed by atoms with van der Waals surface area (Å²) >= 11 is 0. The summed E-state index contributed by atoms with van der Waals surface area (Å²) in [5, 5.41) is 14.2. The van der Waals surface area contributed by atoms with Crippen molar-refractivity contribution in [1.82, 2.24) is 9.78 Å². The zero-order valence-corrected chi connectivity index (χ0v) is 8.67. The van der Waals surface area contributed by atoms with Crippen molar-refractivity contribution in [2.75, 3.05) is 0 Å². The first-order valence-electron chi connectivity index (χ1n) is 5.06. The summed E-state index contributed by atoms with van der Waals surface area (Å²) in [5.74, 6) is 0. The van der Waals surface area contributed by atoms with Crippen molar-refractivity contribution in [3.05, 3.63) is 53.9 Å². The van der Waals surface area contributed by atoms with Gasteiger partial charge in [-0.15, -0.1) is 0 Å². The van der Waals surface area contributed by atoms with Gasteiger partial charge in [0, 0.05) is 18.3 Å².